The fourth-order valence-electron chi connectivity index (χ4n) is 3.66. The molecule has 0 aliphatic carbocycles. The Bertz CT molecular complexity index is 1320. The first-order valence-corrected chi connectivity index (χ1v) is 11.4. The summed E-state index contributed by atoms with van der Waals surface area (Å²) in [6.45, 7) is 4.46. The zero-order valence-corrected chi connectivity index (χ0v) is 19.6. The van der Waals surface area contributed by atoms with Crippen molar-refractivity contribution in [2.24, 2.45) is 0 Å². The summed E-state index contributed by atoms with van der Waals surface area (Å²) in [5.74, 6) is 0.406. The molecule has 4 rings (SSSR count). The number of halogens is 1. The molecule has 2 aromatic heterocycles. The Morgan fingerprint density at radius 3 is 2.53 bits per heavy atom. The van der Waals surface area contributed by atoms with Crippen LogP contribution in [0.2, 0.25) is 5.02 Å². The van der Waals surface area contributed by atoms with Crippen molar-refractivity contribution in [2.75, 3.05) is 18.9 Å². The second-order valence-electron chi connectivity index (χ2n) is 7.84. The number of nitrogens with one attached hydrogen (secondary N) is 2. The summed E-state index contributed by atoms with van der Waals surface area (Å²) in [6.07, 6.45) is 0. The number of carbonyl (C=O) groups is 1. The number of para-hydroxylation sites is 1. The lowest BCUT2D eigenvalue weighted by atomic mass is 10.1. The Labute approximate surface area is 194 Å². The Hall–Kier alpha value is -3.00. The number of aromatic nitrogens is 2. The molecule has 0 bridgehead atoms. The maximum atomic E-state index is 12.8. The molecule has 4 aromatic rings. The Morgan fingerprint density at radius 2 is 1.84 bits per heavy atom. The monoisotopic (exact) mass is 466 g/mol. The van der Waals surface area contributed by atoms with Gasteiger partial charge in [-0.3, -0.25) is 14.5 Å². The molecule has 2 aromatic carbocycles. The van der Waals surface area contributed by atoms with Crippen LogP contribution in [0, 0.1) is 13.8 Å². The highest BCUT2D eigenvalue weighted by Gasteiger charge is 2.15. The first-order valence-electron chi connectivity index (χ1n) is 10.1. The van der Waals surface area contributed by atoms with Crippen molar-refractivity contribution >= 4 is 44.7 Å². The van der Waals surface area contributed by atoms with Crippen molar-refractivity contribution < 1.29 is 4.79 Å². The molecule has 0 unspecified atom stereocenters. The Balaban J connectivity index is 1.49. The highest BCUT2D eigenvalue weighted by atomic mass is 35.5. The van der Waals surface area contributed by atoms with E-state index < -0.39 is 0 Å². The molecular weight excluding hydrogens is 444 g/mol. The fraction of sp³-hybridized carbons (Fsp3) is 0.208. The molecule has 6 nitrogen and oxygen atoms in total. The molecule has 0 saturated carbocycles. The summed E-state index contributed by atoms with van der Waals surface area (Å²) in [4.78, 5) is 35.3. The first-order chi connectivity index (χ1) is 15.3. The third-order valence-corrected chi connectivity index (χ3v) is 6.35. The van der Waals surface area contributed by atoms with Crippen LogP contribution in [0.15, 0.2) is 52.6 Å². The van der Waals surface area contributed by atoms with E-state index >= 15 is 0 Å². The average molecular weight is 467 g/mol. The van der Waals surface area contributed by atoms with Crippen LogP contribution in [0.3, 0.4) is 0 Å². The molecule has 0 aliphatic rings. The first kappa shape index (κ1) is 22.2. The number of H-pyrrole nitrogens is 1. The number of carbonyl (C=O) groups excluding carboxylic acids is 1. The maximum absolute atomic E-state index is 12.8. The third-order valence-electron chi connectivity index (χ3n) is 5.23. The molecule has 8 heteroatoms. The van der Waals surface area contributed by atoms with Gasteiger partial charge in [-0.1, -0.05) is 41.9 Å². The van der Waals surface area contributed by atoms with E-state index in [1.54, 1.807) is 12.1 Å². The summed E-state index contributed by atoms with van der Waals surface area (Å²) in [6, 6.07) is 13.3. The van der Waals surface area contributed by atoms with E-state index in [0.29, 0.717) is 27.6 Å². The number of nitrogens with zero attached hydrogens (tertiary/aromatic N) is 2. The van der Waals surface area contributed by atoms with E-state index in [0.717, 1.165) is 27.9 Å². The van der Waals surface area contributed by atoms with E-state index in [4.69, 9.17) is 11.6 Å². The number of benzene rings is 2. The fourth-order valence-corrected chi connectivity index (χ4v) is 4.75. The van der Waals surface area contributed by atoms with Crippen molar-refractivity contribution in [3.8, 4) is 11.1 Å². The van der Waals surface area contributed by atoms with Crippen LogP contribution in [0.25, 0.3) is 21.3 Å². The zero-order valence-electron chi connectivity index (χ0n) is 18.0. The van der Waals surface area contributed by atoms with Gasteiger partial charge in [0.15, 0.2) is 0 Å². The van der Waals surface area contributed by atoms with Crippen LogP contribution in [-0.2, 0) is 11.3 Å². The normalized spacial score (nSPS) is 11.3. The number of hydrogen-bond donors (Lipinski definition) is 2. The predicted octanol–water partition coefficient (Wildman–Crippen LogP) is 4.99. The summed E-state index contributed by atoms with van der Waals surface area (Å²) >= 11 is 7.40. The second-order valence-corrected chi connectivity index (χ2v) is 9.13. The molecule has 164 valence electrons. The van der Waals surface area contributed by atoms with Gasteiger partial charge in [0.2, 0.25) is 5.91 Å². The van der Waals surface area contributed by atoms with Crippen molar-refractivity contribution in [1.29, 1.82) is 0 Å². The minimum Gasteiger partial charge on any atom is -0.324 e. The molecule has 2 N–H and O–H groups in total. The van der Waals surface area contributed by atoms with Crippen LogP contribution in [-0.4, -0.2) is 34.4 Å². The van der Waals surface area contributed by atoms with E-state index in [1.807, 2.05) is 61.5 Å². The molecule has 32 heavy (non-hydrogen) atoms. The van der Waals surface area contributed by atoms with Crippen LogP contribution in [0.1, 0.15) is 17.0 Å². The standard InChI is InChI=1S/C24H23ClN4O2S/c1-14-5-4-6-15(2)22(14)28-20(30)12-29(3)11-19-26-23(31)21-18(13-32-24(21)27-19)16-7-9-17(25)10-8-16/h4-10,13H,11-12H2,1-3H3,(H,28,30)(H,26,27,31). The number of hydrogen-bond acceptors (Lipinski definition) is 5. The number of anilines is 1. The topological polar surface area (TPSA) is 78.1 Å². The van der Waals surface area contributed by atoms with Gasteiger partial charge in [0.1, 0.15) is 10.7 Å². The van der Waals surface area contributed by atoms with Gasteiger partial charge in [-0.15, -0.1) is 11.3 Å². The number of thiophene rings is 1. The summed E-state index contributed by atoms with van der Waals surface area (Å²) in [7, 11) is 1.82. The lowest BCUT2D eigenvalue weighted by molar-refractivity contribution is -0.117. The quantitative estimate of drug-likeness (QED) is 0.419. The molecule has 0 radical (unpaired) electrons. The Morgan fingerprint density at radius 1 is 1.16 bits per heavy atom. The van der Waals surface area contributed by atoms with Gasteiger partial charge >= 0.3 is 0 Å². The van der Waals surface area contributed by atoms with Gasteiger partial charge in [-0.05, 0) is 49.7 Å². The number of aryl methyl sites for hydroxylation is 2. The highest BCUT2D eigenvalue weighted by Crippen LogP contribution is 2.31. The summed E-state index contributed by atoms with van der Waals surface area (Å²) in [5, 5.41) is 6.13. The van der Waals surface area contributed by atoms with E-state index in [1.165, 1.54) is 11.3 Å². The lowest BCUT2D eigenvalue weighted by Gasteiger charge is -2.17. The molecule has 0 fully saturated rings. The van der Waals surface area contributed by atoms with Crippen LogP contribution < -0.4 is 10.9 Å². The number of rotatable bonds is 6. The number of likely N-dealkylation sites (N-methyl/N-ethyl adjacent to an activating group) is 1. The smallest absolute Gasteiger partial charge is 0.260 e. The van der Waals surface area contributed by atoms with Gasteiger partial charge in [0, 0.05) is 21.7 Å². The highest BCUT2D eigenvalue weighted by molar-refractivity contribution is 7.17. The molecule has 2 heterocycles. The second kappa shape index (κ2) is 9.24. The molecule has 0 spiro atoms. The van der Waals surface area contributed by atoms with Crippen molar-refractivity contribution in [3.05, 3.63) is 80.2 Å². The molecule has 0 atom stereocenters. The van der Waals surface area contributed by atoms with Gasteiger partial charge < -0.3 is 10.3 Å². The minimum atomic E-state index is -0.190. The zero-order chi connectivity index (χ0) is 22.8. The van der Waals surface area contributed by atoms with Crippen molar-refractivity contribution in [3.63, 3.8) is 0 Å². The van der Waals surface area contributed by atoms with Crippen LogP contribution >= 0.6 is 22.9 Å². The lowest BCUT2D eigenvalue weighted by Crippen LogP contribution is -2.31. The van der Waals surface area contributed by atoms with Gasteiger partial charge in [0.05, 0.1) is 18.5 Å². The van der Waals surface area contributed by atoms with E-state index in [9.17, 15) is 9.59 Å². The van der Waals surface area contributed by atoms with Gasteiger partial charge in [0.25, 0.3) is 5.56 Å². The molecule has 1 amide bonds. The number of amides is 1. The average Bonchev–Trinajstić information content (AvgIpc) is 3.16. The third kappa shape index (κ3) is 4.75. The molecule has 0 saturated heterocycles. The molecule has 0 aliphatic heterocycles. The van der Waals surface area contributed by atoms with Crippen molar-refractivity contribution in [2.45, 2.75) is 20.4 Å². The van der Waals surface area contributed by atoms with Crippen LogP contribution in [0.5, 0.6) is 0 Å². The minimum absolute atomic E-state index is 0.116. The summed E-state index contributed by atoms with van der Waals surface area (Å²) < 4.78 is 0. The molecular formula is C24H23ClN4O2S. The largest absolute Gasteiger partial charge is 0.324 e. The Kier molecular flexibility index (Phi) is 6.41. The van der Waals surface area contributed by atoms with E-state index in [2.05, 4.69) is 15.3 Å². The van der Waals surface area contributed by atoms with Gasteiger partial charge in [-0.25, -0.2) is 4.98 Å². The summed E-state index contributed by atoms with van der Waals surface area (Å²) in [5.41, 5.74) is 4.44. The number of aromatic amines is 1. The van der Waals surface area contributed by atoms with Crippen LogP contribution in [0.4, 0.5) is 5.69 Å². The van der Waals surface area contributed by atoms with Gasteiger partial charge in [-0.2, -0.15) is 0 Å². The maximum Gasteiger partial charge on any atom is 0.260 e. The predicted molar refractivity (Wildman–Crippen MR) is 132 cm³/mol. The van der Waals surface area contributed by atoms with Crippen molar-refractivity contribution in [1.82, 2.24) is 14.9 Å². The number of fused-ring (bicyclic) bond motifs is 1. The SMILES string of the molecule is Cc1cccc(C)c1NC(=O)CN(C)Cc1nc2scc(-c3ccc(Cl)cc3)c2c(=O)[nH]1. The van der Waals surface area contributed by atoms with E-state index in [-0.39, 0.29) is 18.0 Å².